The van der Waals surface area contributed by atoms with Crippen molar-refractivity contribution in [3.05, 3.63) is 28.8 Å². The van der Waals surface area contributed by atoms with Crippen LogP contribution in [0.25, 0.3) is 0 Å². The summed E-state index contributed by atoms with van der Waals surface area (Å²) in [6.45, 7) is 4.78. The highest BCUT2D eigenvalue weighted by Crippen LogP contribution is 2.28. The van der Waals surface area contributed by atoms with Crippen LogP contribution in [0.1, 0.15) is 44.6 Å². The van der Waals surface area contributed by atoms with Crippen LogP contribution in [0, 0.1) is 6.92 Å². The van der Waals surface area contributed by atoms with Crippen molar-refractivity contribution < 1.29 is 19.1 Å². The summed E-state index contributed by atoms with van der Waals surface area (Å²) >= 11 is 6.18. The standard InChI is InChI=1S/C22H32ClN3O4/c1-4-5-6-7-11-20(27)24(12-13-30-3)14-21(28)25-15-22(29)26(16-25)19-10-8-9-18(23)17(19)2/h8-10H,4-7,11-16H2,1-3H3. The van der Waals surface area contributed by atoms with Gasteiger partial charge in [-0.05, 0) is 31.0 Å². The van der Waals surface area contributed by atoms with Gasteiger partial charge in [-0.3, -0.25) is 19.3 Å². The second kappa shape index (κ2) is 11.9. The zero-order valence-electron chi connectivity index (χ0n) is 18.2. The van der Waals surface area contributed by atoms with Crippen LogP contribution in [0.4, 0.5) is 5.69 Å². The number of methoxy groups -OCH3 is 1. The minimum absolute atomic E-state index is 0.00635. The first kappa shape index (κ1) is 24.2. The van der Waals surface area contributed by atoms with E-state index in [0.717, 1.165) is 31.2 Å². The molecule has 0 unspecified atom stereocenters. The van der Waals surface area contributed by atoms with Gasteiger partial charge in [0.05, 0.1) is 13.2 Å². The number of rotatable bonds is 11. The lowest BCUT2D eigenvalue weighted by molar-refractivity contribution is -0.140. The molecule has 0 bridgehead atoms. The predicted molar refractivity (Wildman–Crippen MR) is 117 cm³/mol. The zero-order valence-corrected chi connectivity index (χ0v) is 18.9. The molecule has 1 aromatic rings. The van der Waals surface area contributed by atoms with E-state index in [2.05, 4.69) is 6.92 Å². The number of hydrogen-bond acceptors (Lipinski definition) is 4. The topological polar surface area (TPSA) is 70.2 Å². The zero-order chi connectivity index (χ0) is 22.1. The van der Waals surface area contributed by atoms with Gasteiger partial charge in [-0.1, -0.05) is 43.9 Å². The van der Waals surface area contributed by atoms with E-state index >= 15 is 0 Å². The normalized spacial score (nSPS) is 13.8. The number of amides is 3. The van der Waals surface area contributed by atoms with Gasteiger partial charge in [0.2, 0.25) is 17.7 Å². The summed E-state index contributed by atoms with van der Waals surface area (Å²) in [5, 5.41) is 0.574. The Kier molecular flexibility index (Phi) is 9.59. The third kappa shape index (κ3) is 6.44. The number of carbonyl (C=O) groups is 3. The summed E-state index contributed by atoms with van der Waals surface area (Å²) in [7, 11) is 1.57. The van der Waals surface area contributed by atoms with Crippen LogP contribution in [-0.4, -0.2) is 67.5 Å². The molecule has 1 aromatic carbocycles. The fraction of sp³-hybridized carbons (Fsp3) is 0.591. The van der Waals surface area contributed by atoms with Gasteiger partial charge in [-0.15, -0.1) is 0 Å². The molecule has 0 N–H and O–H groups in total. The Morgan fingerprint density at radius 1 is 1.23 bits per heavy atom. The number of nitrogens with zero attached hydrogens (tertiary/aromatic N) is 3. The Morgan fingerprint density at radius 3 is 2.70 bits per heavy atom. The monoisotopic (exact) mass is 437 g/mol. The number of halogens is 1. The second-order valence-electron chi connectivity index (χ2n) is 7.56. The lowest BCUT2D eigenvalue weighted by Gasteiger charge is -2.25. The molecule has 1 heterocycles. The highest BCUT2D eigenvalue weighted by atomic mass is 35.5. The third-order valence-corrected chi connectivity index (χ3v) is 5.72. The Morgan fingerprint density at radius 2 is 2.00 bits per heavy atom. The number of anilines is 1. The van der Waals surface area contributed by atoms with E-state index in [1.807, 2.05) is 13.0 Å². The predicted octanol–water partition coefficient (Wildman–Crippen LogP) is 3.23. The molecular formula is C22H32ClN3O4. The molecule has 1 aliphatic rings. The molecule has 0 aliphatic carbocycles. The molecule has 1 aliphatic heterocycles. The SMILES string of the molecule is CCCCCCC(=O)N(CCOC)CC(=O)N1CC(=O)N(c2cccc(Cl)c2C)C1. The van der Waals surface area contributed by atoms with Gasteiger partial charge in [0.1, 0.15) is 13.2 Å². The van der Waals surface area contributed by atoms with E-state index in [0.29, 0.717) is 30.3 Å². The van der Waals surface area contributed by atoms with Crippen molar-refractivity contribution in [3.8, 4) is 0 Å². The Labute approximate surface area is 183 Å². The smallest absolute Gasteiger partial charge is 0.248 e. The summed E-state index contributed by atoms with van der Waals surface area (Å²) in [6, 6.07) is 5.37. The van der Waals surface area contributed by atoms with E-state index in [9.17, 15) is 14.4 Å². The van der Waals surface area contributed by atoms with Crippen molar-refractivity contribution in [1.82, 2.24) is 9.80 Å². The number of unbranched alkanes of at least 4 members (excludes halogenated alkanes) is 3. The first-order chi connectivity index (χ1) is 14.4. The van der Waals surface area contributed by atoms with Crippen LogP contribution in [-0.2, 0) is 19.1 Å². The maximum absolute atomic E-state index is 12.9. The van der Waals surface area contributed by atoms with E-state index in [-0.39, 0.29) is 37.5 Å². The third-order valence-electron chi connectivity index (χ3n) is 5.31. The fourth-order valence-electron chi connectivity index (χ4n) is 3.43. The first-order valence-corrected chi connectivity index (χ1v) is 10.9. The Bertz CT molecular complexity index is 756. The lowest BCUT2D eigenvalue weighted by Crippen LogP contribution is -2.44. The van der Waals surface area contributed by atoms with Gasteiger partial charge in [0.25, 0.3) is 0 Å². The number of carbonyl (C=O) groups excluding carboxylic acids is 3. The first-order valence-electron chi connectivity index (χ1n) is 10.5. The summed E-state index contributed by atoms with van der Waals surface area (Å²) in [6.07, 6.45) is 4.44. The molecule has 1 fully saturated rings. The molecular weight excluding hydrogens is 406 g/mol. The van der Waals surface area contributed by atoms with E-state index in [4.69, 9.17) is 16.3 Å². The molecule has 3 amide bonds. The summed E-state index contributed by atoms with van der Waals surface area (Å²) < 4.78 is 5.10. The quantitative estimate of drug-likeness (QED) is 0.498. The fourth-order valence-corrected chi connectivity index (χ4v) is 3.60. The van der Waals surface area contributed by atoms with Gasteiger partial charge in [0.15, 0.2) is 0 Å². The molecule has 8 heteroatoms. The maximum Gasteiger partial charge on any atom is 0.248 e. The minimum Gasteiger partial charge on any atom is -0.383 e. The lowest BCUT2D eigenvalue weighted by atomic mass is 10.1. The molecule has 0 saturated carbocycles. The average Bonchev–Trinajstić information content (AvgIpc) is 3.11. The van der Waals surface area contributed by atoms with Crippen molar-refractivity contribution in [1.29, 1.82) is 0 Å². The van der Waals surface area contributed by atoms with Crippen molar-refractivity contribution in [3.63, 3.8) is 0 Å². The maximum atomic E-state index is 12.9. The molecule has 0 atom stereocenters. The molecule has 2 rings (SSSR count). The van der Waals surface area contributed by atoms with Crippen LogP contribution >= 0.6 is 11.6 Å². The van der Waals surface area contributed by atoms with Crippen LogP contribution in [0.3, 0.4) is 0 Å². The molecule has 0 spiro atoms. The van der Waals surface area contributed by atoms with Crippen LogP contribution in [0.15, 0.2) is 18.2 Å². The Hall–Kier alpha value is -2.12. The number of benzene rings is 1. The summed E-state index contributed by atoms with van der Waals surface area (Å²) in [5.74, 6) is -0.462. The van der Waals surface area contributed by atoms with Crippen LogP contribution in [0.2, 0.25) is 5.02 Å². The molecule has 30 heavy (non-hydrogen) atoms. The Balaban J connectivity index is 2.00. The molecule has 166 valence electrons. The molecule has 0 radical (unpaired) electrons. The van der Waals surface area contributed by atoms with Gasteiger partial charge >= 0.3 is 0 Å². The average molecular weight is 438 g/mol. The number of ether oxygens (including phenoxy) is 1. The minimum atomic E-state index is -0.247. The second-order valence-corrected chi connectivity index (χ2v) is 7.96. The van der Waals surface area contributed by atoms with Gasteiger partial charge in [-0.25, -0.2) is 0 Å². The summed E-state index contributed by atoms with van der Waals surface area (Å²) in [5.41, 5.74) is 1.50. The van der Waals surface area contributed by atoms with Crippen molar-refractivity contribution in [2.75, 3.05) is 44.9 Å². The van der Waals surface area contributed by atoms with E-state index in [1.165, 1.54) is 9.80 Å². The molecule has 7 nitrogen and oxygen atoms in total. The molecule has 0 aromatic heterocycles. The van der Waals surface area contributed by atoms with Gasteiger partial charge in [0, 0.05) is 30.8 Å². The highest BCUT2D eigenvalue weighted by Gasteiger charge is 2.33. The van der Waals surface area contributed by atoms with Crippen LogP contribution in [0.5, 0.6) is 0 Å². The number of hydrogen-bond donors (Lipinski definition) is 0. The van der Waals surface area contributed by atoms with Crippen molar-refractivity contribution in [2.45, 2.75) is 46.0 Å². The van der Waals surface area contributed by atoms with Crippen molar-refractivity contribution >= 4 is 35.0 Å². The highest BCUT2D eigenvalue weighted by molar-refractivity contribution is 6.31. The summed E-state index contributed by atoms with van der Waals surface area (Å²) in [4.78, 5) is 42.6. The van der Waals surface area contributed by atoms with E-state index in [1.54, 1.807) is 24.1 Å². The molecule has 1 saturated heterocycles. The van der Waals surface area contributed by atoms with Crippen molar-refractivity contribution in [2.24, 2.45) is 0 Å². The van der Waals surface area contributed by atoms with Gasteiger partial charge < -0.3 is 14.5 Å². The van der Waals surface area contributed by atoms with Gasteiger partial charge in [-0.2, -0.15) is 0 Å². The van der Waals surface area contributed by atoms with Crippen LogP contribution < -0.4 is 4.90 Å². The largest absolute Gasteiger partial charge is 0.383 e. The van der Waals surface area contributed by atoms with E-state index < -0.39 is 0 Å².